The molecule has 2 saturated heterocycles. The van der Waals surface area contributed by atoms with Crippen molar-refractivity contribution in [3.8, 4) is 0 Å². The van der Waals surface area contributed by atoms with Gasteiger partial charge in [-0.3, -0.25) is 0 Å². The first-order chi connectivity index (χ1) is 11.9. The number of amides is 2. The van der Waals surface area contributed by atoms with E-state index in [4.69, 9.17) is 5.10 Å². The van der Waals surface area contributed by atoms with Crippen LogP contribution in [0.15, 0.2) is 12.1 Å². The van der Waals surface area contributed by atoms with E-state index in [1.807, 2.05) is 21.5 Å². The molecule has 0 saturated carbocycles. The molecule has 0 aliphatic carbocycles. The molecule has 2 fully saturated rings. The second-order valence-corrected chi connectivity index (χ2v) is 7.88. The predicted octanol–water partition coefficient (Wildman–Crippen LogP) is 1.42. The Morgan fingerprint density at radius 1 is 1.12 bits per heavy atom. The summed E-state index contributed by atoms with van der Waals surface area (Å²) in [5, 5.41) is 16.2. The Morgan fingerprint density at radius 2 is 1.88 bits per heavy atom. The van der Waals surface area contributed by atoms with Gasteiger partial charge in [0.25, 0.3) is 0 Å². The molecular weight excluding hydrogens is 318 g/mol. The molecule has 0 spiro atoms. The quantitative estimate of drug-likeness (QED) is 0.892. The third-order valence-electron chi connectivity index (χ3n) is 5.04. The van der Waals surface area contributed by atoms with E-state index in [2.05, 4.69) is 41.2 Å². The van der Waals surface area contributed by atoms with E-state index in [1.165, 1.54) is 0 Å². The van der Waals surface area contributed by atoms with Gasteiger partial charge in [-0.25, -0.2) is 4.79 Å². The van der Waals surface area contributed by atoms with Crippen molar-refractivity contribution < 1.29 is 4.79 Å². The van der Waals surface area contributed by atoms with Crippen molar-refractivity contribution in [1.29, 1.82) is 0 Å². The van der Waals surface area contributed by atoms with E-state index < -0.39 is 0 Å². The molecule has 0 atom stereocenters. The molecule has 0 unspecified atom stereocenters. The number of rotatable bonds is 2. The lowest BCUT2D eigenvalue weighted by atomic mass is 9.96. The van der Waals surface area contributed by atoms with Crippen LogP contribution in [0.2, 0.25) is 0 Å². The Balaban J connectivity index is 1.52. The summed E-state index contributed by atoms with van der Waals surface area (Å²) in [6, 6.07) is 4.41. The summed E-state index contributed by atoms with van der Waals surface area (Å²) < 4.78 is 1.86. The number of hydrogen-bond donors (Lipinski definition) is 1. The number of aromatic nitrogens is 4. The number of fused-ring (bicyclic) bond motifs is 1. The van der Waals surface area contributed by atoms with E-state index in [-0.39, 0.29) is 11.4 Å². The van der Waals surface area contributed by atoms with Crippen molar-refractivity contribution in [2.24, 2.45) is 0 Å². The number of piperidine rings is 1. The molecule has 2 aromatic heterocycles. The molecule has 4 rings (SSSR count). The van der Waals surface area contributed by atoms with Gasteiger partial charge < -0.3 is 15.1 Å². The molecule has 25 heavy (non-hydrogen) atoms. The molecule has 8 nitrogen and oxygen atoms in total. The standard InChI is InChI=1S/C17H25N7O/c1-17(2,3)15-20-19-13-4-5-14(21-24(13)15)22-9-6-12(7-10-22)23-11-8-18-16(23)25/h4-5,12H,6-11H2,1-3H3,(H,18,25). The van der Waals surface area contributed by atoms with Crippen LogP contribution in [-0.2, 0) is 5.41 Å². The zero-order chi connectivity index (χ0) is 17.6. The van der Waals surface area contributed by atoms with Crippen LogP contribution in [-0.4, -0.2) is 63.0 Å². The zero-order valence-electron chi connectivity index (χ0n) is 15.1. The van der Waals surface area contributed by atoms with Gasteiger partial charge in [-0.15, -0.1) is 15.3 Å². The van der Waals surface area contributed by atoms with Crippen LogP contribution in [0.4, 0.5) is 10.6 Å². The van der Waals surface area contributed by atoms with Gasteiger partial charge >= 0.3 is 6.03 Å². The Morgan fingerprint density at radius 3 is 2.52 bits per heavy atom. The number of hydrogen-bond acceptors (Lipinski definition) is 5. The molecule has 2 amide bonds. The van der Waals surface area contributed by atoms with Crippen LogP contribution in [0.1, 0.15) is 39.4 Å². The summed E-state index contributed by atoms with van der Waals surface area (Å²) in [5.74, 6) is 1.81. The van der Waals surface area contributed by atoms with E-state index in [0.717, 1.165) is 56.3 Å². The van der Waals surface area contributed by atoms with Crippen LogP contribution in [0.25, 0.3) is 5.65 Å². The first-order valence-electron chi connectivity index (χ1n) is 8.96. The molecule has 2 aliphatic rings. The summed E-state index contributed by atoms with van der Waals surface area (Å²) in [5.41, 5.74) is 0.665. The maximum absolute atomic E-state index is 11.8. The maximum Gasteiger partial charge on any atom is 0.317 e. The normalized spacial score (nSPS) is 19.7. The van der Waals surface area contributed by atoms with Crippen LogP contribution in [0, 0.1) is 0 Å². The van der Waals surface area contributed by atoms with Gasteiger partial charge in [0.2, 0.25) is 0 Å². The van der Waals surface area contributed by atoms with Gasteiger partial charge in [0.1, 0.15) is 5.82 Å². The van der Waals surface area contributed by atoms with Gasteiger partial charge in [0, 0.05) is 37.6 Å². The minimum atomic E-state index is -0.110. The summed E-state index contributed by atoms with van der Waals surface area (Å²) in [6.07, 6.45) is 1.95. The SMILES string of the molecule is CC(C)(C)c1nnc2ccc(N3CCC(N4CCNC4=O)CC3)nn12. The first kappa shape index (κ1) is 16.1. The molecule has 1 N–H and O–H groups in total. The number of nitrogens with zero attached hydrogens (tertiary/aromatic N) is 6. The van der Waals surface area contributed by atoms with Crippen molar-refractivity contribution in [3.63, 3.8) is 0 Å². The van der Waals surface area contributed by atoms with Crippen molar-refractivity contribution in [1.82, 2.24) is 30.0 Å². The molecular formula is C17H25N7O. The maximum atomic E-state index is 11.8. The third kappa shape index (κ3) is 2.89. The highest BCUT2D eigenvalue weighted by Crippen LogP contribution is 2.24. The van der Waals surface area contributed by atoms with E-state index in [0.29, 0.717) is 6.04 Å². The lowest BCUT2D eigenvalue weighted by molar-refractivity contribution is 0.186. The third-order valence-corrected chi connectivity index (χ3v) is 5.04. The van der Waals surface area contributed by atoms with Crippen molar-refractivity contribution in [2.75, 3.05) is 31.1 Å². The van der Waals surface area contributed by atoms with Crippen LogP contribution < -0.4 is 10.2 Å². The molecule has 0 bridgehead atoms. The topological polar surface area (TPSA) is 78.7 Å². The lowest BCUT2D eigenvalue weighted by Gasteiger charge is -2.36. The van der Waals surface area contributed by atoms with Crippen LogP contribution in [0.5, 0.6) is 0 Å². The van der Waals surface area contributed by atoms with Gasteiger partial charge in [0.05, 0.1) is 0 Å². The van der Waals surface area contributed by atoms with Crippen molar-refractivity contribution >= 4 is 17.5 Å². The Kier molecular flexibility index (Phi) is 3.77. The second kappa shape index (κ2) is 5.86. The second-order valence-electron chi connectivity index (χ2n) is 7.88. The largest absolute Gasteiger partial charge is 0.355 e. The Bertz CT molecular complexity index is 786. The number of carbonyl (C=O) groups excluding carboxylic acids is 1. The molecule has 2 aromatic rings. The molecule has 2 aliphatic heterocycles. The van der Waals surface area contributed by atoms with E-state index in [9.17, 15) is 4.79 Å². The summed E-state index contributed by atoms with van der Waals surface area (Å²) in [6.45, 7) is 9.74. The average Bonchev–Trinajstić information content (AvgIpc) is 3.20. The average molecular weight is 343 g/mol. The van der Waals surface area contributed by atoms with Crippen molar-refractivity contribution in [2.45, 2.75) is 45.1 Å². The fourth-order valence-corrected chi connectivity index (χ4v) is 3.66. The minimum absolute atomic E-state index is 0.0808. The van der Waals surface area contributed by atoms with E-state index in [1.54, 1.807) is 0 Å². The smallest absolute Gasteiger partial charge is 0.317 e. The number of nitrogens with one attached hydrogen (secondary N) is 1. The van der Waals surface area contributed by atoms with Gasteiger partial charge in [-0.2, -0.15) is 4.52 Å². The Labute approximate surface area is 147 Å². The monoisotopic (exact) mass is 343 g/mol. The predicted molar refractivity (Wildman–Crippen MR) is 94.8 cm³/mol. The molecule has 8 heteroatoms. The molecule has 0 aromatic carbocycles. The lowest BCUT2D eigenvalue weighted by Crippen LogP contribution is -2.46. The summed E-state index contributed by atoms with van der Waals surface area (Å²) in [7, 11) is 0. The van der Waals surface area contributed by atoms with Gasteiger partial charge in [0.15, 0.2) is 11.5 Å². The molecule has 0 radical (unpaired) electrons. The summed E-state index contributed by atoms with van der Waals surface area (Å²) >= 11 is 0. The summed E-state index contributed by atoms with van der Waals surface area (Å²) in [4.78, 5) is 16.1. The van der Waals surface area contributed by atoms with Crippen molar-refractivity contribution in [3.05, 3.63) is 18.0 Å². The highest BCUT2D eigenvalue weighted by molar-refractivity contribution is 5.76. The zero-order valence-corrected chi connectivity index (χ0v) is 15.1. The van der Waals surface area contributed by atoms with Gasteiger partial charge in [-0.1, -0.05) is 20.8 Å². The molecule has 134 valence electrons. The fraction of sp³-hybridized carbons (Fsp3) is 0.647. The van der Waals surface area contributed by atoms with Gasteiger partial charge in [-0.05, 0) is 25.0 Å². The highest BCUT2D eigenvalue weighted by atomic mass is 16.2. The Hall–Kier alpha value is -2.38. The van der Waals surface area contributed by atoms with Crippen LogP contribution >= 0.6 is 0 Å². The van der Waals surface area contributed by atoms with Crippen LogP contribution in [0.3, 0.4) is 0 Å². The fourth-order valence-electron chi connectivity index (χ4n) is 3.66. The number of urea groups is 1. The molecule has 4 heterocycles. The number of anilines is 1. The number of carbonyl (C=O) groups is 1. The van der Waals surface area contributed by atoms with E-state index >= 15 is 0 Å². The highest BCUT2D eigenvalue weighted by Gasteiger charge is 2.31. The minimum Gasteiger partial charge on any atom is -0.355 e. The first-order valence-corrected chi connectivity index (χ1v) is 8.96.